The Bertz CT molecular complexity index is 649. The molecule has 4 heteroatoms. The van der Waals surface area contributed by atoms with Gasteiger partial charge in [-0.1, -0.05) is 24.3 Å². The quantitative estimate of drug-likeness (QED) is 0.887. The Labute approximate surface area is 131 Å². The molecule has 1 aromatic carbocycles. The van der Waals surface area contributed by atoms with Crippen molar-refractivity contribution in [3.05, 3.63) is 53.6 Å². The summed E-state index contributed by atoms with van der Waals surface area (Å²) in [5.74, 6) is 1.75. The molecule has 2 aliphatic rings. The van der Waals surface area contributed by atoms with E-state index < -0.39 is 5.60 Å². The molecule has 22 heavy (non-hydrogen) atoms. The van der Waals surface area contributed by atoms with Crippen LogP contribution in [0.3, 0.4) is 0 Å². The summed E-state index contributed by atoms with van der Waals surface area (Å²) in [5.41, 5.74) is 1.90. The van der Waals surface area contributed by atoms with Crippen LogP contribution in [0.2, 0.25) is 0 Å². The molecule has 0 saturated heterocycles. The molecule has 0 amide bonds. The van der Waals surface area contributed by atoms with Crippen LogP contribution in [-0.4, -0.2) is 26.8 Å². The van der Waals surface area contributed by atoms with Gasteiger partial charge in [-0.3, -0.25) is 0 Å². The van der Waals surface area contributed by atoms with Crippen LogP contribution < -0.4 is 5.32 Å². The number of hydrogen-bond acceptors (Lipinski definition) is 3. The number of fused-ring (bicyclic) bond motifs is 1. The second-order valence-electron chi connectivity index (χ2n) is 6.94. The van der Waals surface area contributed by atoms with E-state index in [0.717, 1.165) is 18.7 Å². The van der Waals surface area contributed by atoms with Crippen molar-refractivity contribution in [2.24, 2.45) is 13.0 Å². The van der Waals surface area contributed by atoms with E-state index in [1.807, 2.05) is 19.4 Å². The first kappa shape index (κ1) is 14.0. The fourth-order valence-corrected chi connectivity index (χ4v) is 3.67. The first-order valence-corrected chi connectivity index (χ1v) is 8.14. The molecule has 1 unspecified atom stereocenters. The lowest BCUT2D eigenvalue weighted by atomic mass is 9.99. The average Bonchev–Trinajstić information content (AvgIpc) is 3.15. The molecule has 2 N–H and O–H groups in total. The van der Waals surface area contributed by atoms with Gasteiger partial charge in [-0.15, -0.1) is 0 Å². The van der Waals surface area contributed by atoms with Gasteiger partial charge in [-0.25, -0.2) is 4.98 Å². The predicted molar refractivity (Wildman–Crippen MR) is 85.5 cm³/mol. The molecule has 4 nitrogen and oxygen atoms in total. The maximum atomic E-state index is 10.9. The average molecular weight is 297 g/mol. The molecule has 1 aromatic heterocycles. The molecule has 0 radical (unpaired) electrons. The topological polar surface area (TPSA) is 50.1 Å². The Kier molecular flexibility index (Phi) is 3.31. The Morgan fingerprint density at radius 2 is 2.00 bits per heavy atom. The smallest absolute Gasteiger partial charge is 0.125 e. The summed E-state index contributed by atoms with van der Waals surface area (Å²) < 4.78 is 2.09. The third-order valence-corrected chi connectivity index (χ3v) is 5.04. The van der Waals surface area contributed by atoms with Crippen LogP contribution in [0.4, 0.5) is 0 Å². The van der Waals surface area contributed by atoms with Gasteiger partial charge < -0.3 is 15.0 Å². The van der Waals surface area contributed by atoms with Gasteiger partial charge in [0.25, 0.3) is 0 Å². The molecule has 1 heterocycles. The predicted octanol–water partition coefficient (Wildman–Crippen LogP) is 1.99. The van der Waals surface area contributed by atoms with Crippen molar-refractivity contribution >= 4 is 0 Å². The highest BCUT2D eigenvalue weighted by molar-refractivity contribution is 5.35. The lowest BCUT2D eigenvalue weighted by molar-refractivity contribution is 0.0470. The van der Waals surface area contributed by atoms with Gasteiger partial charge >= 0.3 is 0 Å². The van der Waals surface area contributed by atoms with Crippen molar-refractivity contribution in [1.29, 1.82) is 0 Å². The largest absolute Gasteiger partial charge is 0.388 e. The van der Waals surface area contributed by atoms with Crippen molar-refractivity contribution in [1.82, 2.24) is 14.9 Å². The molecule has 4 rings (SSSR count). The van der Waals surface area contributed by atoms with Crippen molar-refractivity contribution in [3.8, 4) is 0 Å². The van der Waals surface area contributed by atoms with Crippen molar-refractivity contribution in [2.45, 2.75) is 37.3 Å². The van der Waals surface area contributed by atoms with Crippen LogP contribution in [0.5, 0.6) is 0 Å². The van der Waals surface area contributed by atoms with Crippen LogP contribution in [-0.2, 0) is 19.9 Å². The van der Waals surface area contributed by atoms with Gasteiger partial charge in [0.05, 0.1) is 11.6 Å². The minimum atomic E-state index is -0.665. The van der Waals surface area contributed by atoms with E-state index in [9.17, 15) is 5.11 Å². The summed E-state index contributed by atoms with van der Waals surface area (Å²) in [6.07, 6.45) is 7.84. The van der Waals surface area contributed by atoms with Crippen LogP contribution in [0, 0.1) is 5.92 Å². The first-order valence-electron chi connectivity index (χ1n) is 8.14. The van der Waals surface area contributed by atoms with Gasteiger partial charge in [0.1, 0.15) is 5.82 Å². The molecule has 2 aromatic rings. The number of aryl methyl sites for hydroxylation is 1. The standard InChI is InChI=1S/C18H23N3O/c1-21-9-8-19-17(21)16(13-6-7-13)20-12-18(22)10-14-4-2-3-5-15(14)11-18/h2-5,8-9,13,16,20,22H,6-7,10-12H2,1H3. The van der Waals surface area contributed by atoms with E-state index in [0.29, 0.717) is 12.5 Å². The number of aromatic nitrogens is 2. The maximum Gasteiger partial charge on any atom is 0.125 e. The summed E-state index contributed by atoms with van der Waals surface area (Å²) in [6.45, 7) is 0.621. The van der Waals surface area contributed by atoms with Gasteiger partial charge in [-0.2, -0.15) is 0 Å². The minimum Gasteiger partial charge on any atom is -0.388 e. The van der Waals surface area contributed by atoms with Crippen molar-refractivity contribution in [3.63, 3.8) is 0 Å². The summed E-state index contributed by atoms with van der Waals surface area (Å²) in [6, 6.07) is 8.62. The van der Waals surface area contributed by atoms with Crippen LogP contribution in [0.1, 0.15) is 35.8 Å². The highest BCUT2D eigenvalue weighted by Gasteiger charge is 2.39. The number of nitrogens with zero attached hydrogens (tertiary/aromatic N) is 2. The first-order chi connectivity index (χ1) is 10.6. The number of hydrogen-bond donors (Lipinski definition) is 2. The van der Waals surface area contributed by atoms with E-state index >= 15 is 0 Å². The number of rotatable bonds is 5. The molecular weight excluding hydrogens is 274 g/mol. The zero-order chi connectivity index (χ0) is 15.2. The Morgan fingerprint density at radius 1 is 1.32 bits per heavy atom. The fraction of sp³-hybridized carbons (Fsp3) is 0.500. The van der Waals surface area contributed by atoms with Gasteiger partial charge in [-0.05, 0) is 29.9 Å². The molecule has 0 spiro atoms. The number of nitrogens with one attached hydrogen (secondary N) is 1. The summed E-state index contributed by atoms with van der Waals surface area (Å²) in [4.78, 5) is 4.50. The normalized spacial score (nSPS) is 20.8. The molecule has 1 atom stereocenters. The minimum absolute atomic E-state index is 0.257. The highest BCUT2D eigenvalue weighted by Crippen LogP contribution is 2.41. The maximum absolute atomic E-state index is 10.9. The SMILES string of the molecule is Cn1ccnc1C(NCC1(O)Cc2ccccc2C1)C1CC1. The van der Waals surface area contributed by atoms with E-state index in [1.54, 1.807) is 0 Å². The van der Waals surface area contributed by atoms with Crippen LogP contribution in [0.15, 0.2) is 36.7 Å². The molecule has 2 aliphatic carbocycles. The Morgan fingerprint density at radius 3 is 2.55 bits per heavy atom. The lowest BCUT2D eigenvalue weighted by Gasteiger charge is -2.27. The second-order valence-corrected chi connectivity index (χ2v) is 6.94. The molecule has 1 fully saturated rings. The lowest BCUT2D eigenvalue weighted by Crippen LogP contribution is -2.43. The number of imidazole rings is 1. The monoisotopic (exact) mass is 297 g/mol. The molecule has 0 bridgehead atoms. The third kappa shape index (κ3) is 2.57. The van der Waals surface area contributed by atoms with E-state index in [2.05, 4.69) is 39.1 Å². The molecular formula is C18H23N3O. The molecule has 116 valence electrons. The zero-order valence-electron chi connectivity index (χ0n) is 13.0. The number of aliphatic hydroxyl groups is 1. The molecule has 1 saturated carbocycles. The highest BCUT2D eigenvalue weighted by atomic mass is 16.3. The van der Waals surface area contributed by atoms with Gasteiger partial charge in [0.15, 0.2) is 0 Å². The van der Waals surface area contributed by atoms with E-state index in [4.69, 9.17) is 0 Å². The Hall–Kier alpha value is -1.65. The number of benzene rings is 1. The van der Waals surface area contributed by atoms with E-state index in [-0.39, 0.29) is 6.04 Å². The van der Waals surface area contributed by atoms with E-state index in [1.165, 1.54) is 24.0 Å². The summed E-state index contributed by atoms with van der Waals surface area (Å²) >= 11 is 0. The van der Waals surface area contributed by atoms with Crippen LogP contribution >= 0.6 is 0 Å². The Balaban J connectivity index is 1.47. The van der Waals surface area contributed by atoms with Crippen molar-refractivity contribution in [2.75, 3.05) is 6.54 Å². The van der Waals surface area contributed by atoms with Gasteiger partial charge in [0, 0.05) is 38.8 Å². The second kappa shape index (κ2) is 5.21. The van der Waals surface area contributed by atoms with Gasteiger partial charge in [0.2, 0.25) is 0 Å². The third-order valence-electron chi connectivity index (χ3n) is 5.04. The summed E-state index contributed by atoms with van der Waals surface area (Å²) in [5, 5.41) is 14.5. The van der Waals surface area contributed by atoms with Crippen LogP contribution in [0.25, 0.3) is 0 Å². The zero-order valence-corrected chi connectivity index (χ0v) is 13.0. The van der Waals surface area contributed by atoms with Crippen molar-refractivity contribution < 1.29 is 5.11 Å². The fourth-order valence-electron chi connectivity index (χ4n) is 3.67. The molecule has 0 aliphatic heterocycles. The summed E-state index contributed by atoms with van der Waals surface area (Å²) in [7, 11) is 2.04.